The van der Waals surface area contributed by atoms with E-state index in [1.165, 1.54) is 19.3 Å². The largest absolute Gasteiger partial charge is 0.481 e. The molecule has 92 valence electrons. The van der Waals surface area contributed by atoms with Crippen molar-refractivity contribution in [3.05, 3.63) is 0 Å². The van der Waals surface area contributed by atoms with Gasteiger partial charge >= 0.3 is 5.97 Å². The first kappa shape index (κ1) is 9.41. The predicted octanol–water partition coefficient (Wildman–Crippen LogP) is 2.78. The molecule has 0 amide bonds. The lowest BCUT2D eigenvalue weighted by atomic mass is 9.33. The lowest BCUT2D eigenvalue weighted by Gasteiger charge is -2.71. The molecule has 0 radical (unpaired) electrons. The molecule has 17 heavy (non-hydrogen) atoms. The highest BCUT2D eigenvalue weighted by atomic mass is 16.4. The molecule has 0 aromatic carbocycles. The number of carboxylic acids is 1. The predicted molar refractivity (Wildman–Crippen MR) is 62.2 cm³/mol. The molecule has 8 bridgehead atoms. The van der Waals surface area contributed by atoms with Gasteiger partial charge in [-0.3, -0.25) is 4.79 Å². The summed E-state index contributed by atoms with van der Waals surface area (Å²) in [7, 11) is 0. The summed E-state index contributed by atoms with van der Waals surface area (Å²) in [5.41, 5.74) is -0.284. The summed E-state index contributed by atoms with van der Waals surface area (Å²) in [6.45, 7) is 0. The van der Waals surface area contributed by atoms with Gasteiger partial charge in [0.15, 0.2) is 0 Å². The van der Waals surface area contributed by atoms with Crippen LogP contribution in [-0.2, 0) is 4.79 Å². The van der Waals surface area contributed by atoms with Crippen LogP contribution in [0.4, 0.5) is 0 Å². The number of carboxylic acid groups (broad SMARTS) is 1. The van der Waals surface area contributed by atoms with Crippen molar-refractivity contribution >= 4 is 5.97 Å². The van der Waals surface area contributed by atoms with Crippen LogP contribution in [0.2, 0.25) is 0 Å². The Hall–Kier alpha value is -0.530. The van der Waals surface area contributed by atoms with Crippen LogP contribution >= 0.6 is 0 Å². The Kier molecular flexibility index (Phi) is 1.42. The Labute approximate surface area is 102 Å². The first-order valence-corrected chi connectivity index (χ1v) is 7.41. The number of carbonyl (C=O) groups is 1. The van der Waals surface area contributed by atoms with Gasteiger partial charge in [0.25, 0.3) is 0 Å². The molecule has 2 heteroatoms. The van der Waals surface area contributed by atoms with E-state index in [-0.39, 0.29) is 5.41 Å². The Morgan fingerprint density at radius 1 is 0.824 bits per heavy atom. The van der Waals surface area contributed by atoms with Gasteiger partial charge in [0.05, 0.1) is 5.41 Å². The molecule has 0 atom stereocenters. The van der Waals surface area contributed by atoms with Gasteiger partial charge in [0, 0.05) is 0 Å². The Morgan fingerprint density at radius 3 is 1.59 bits per heavy atom. The van der Waals surface area contributed by atoms with Crippen molar-refractivity contribution in [1.82, 2.24) is 0 Å². The van der Waals surface area contributed by atoms with E-state index >= 15 is 0 Å². The van der Waals surface area contributed by atoms with Crippen molar-refractivity contribution < 1.29 is 9.90 Å². The fourth-order valence-corrected chi connectivity index (χ4v) is 7.17. The smallest absolute Gasteiger partial charge is 0.309 e. The highest BCUT2D eigenvalue weighted by Crippen LogP contribution is 2.74. The number of hydrogen-bond acceptors (Lipinski definition) is 1. The van der Waals surface area contributed by atoms with Crippen LogP contribution in [0.15, 0.2) is 0 Å². The van der Waals surface area contributed by atoms with Gasteiger partial charge in [-0.25, -0.2) is 0 Å². The third kappa shape index (κ3) is 0.880. The molecule has 0 unspecified atom stereocenters. The minimum absolute atomic E-state index is 0.284. The Bertz CT molecular complexity index is 353. The molecule has 0 aromatic rings. The number of aliphatic carboxylic acids is 1. The summed E-state index contributed by atoms with van der Waals surface area (Å²) in [6.07, 6.45) is 7.44. The van der Waals surface area contributed by atoms with Gasteiger partial charge in [0.2, 0.25) is 0 Å². The molecule has 0 heterocycles. The first-order valence-electron chi connectivity index (χ1n) is 7.41. The van der Waals surface area contributed by atoms with E-state index in [1.54, 1.807) is 0 Å². The van der Waals surface area contributed by atoms with Gasteiger partial charge in [-0.1, -0.05) is 0 Å². The van der Waals surface area contributed by atoms with Gasteiger partial charge < -0.3 is 5.11 Å². The standard InChI is InChI=1S/C15H20O2/c16-14(17)15-4-11-8-1-7-2-9(11)13(6-15)10(3-7)12(8)5-15/h7-13H,1-6H2,(H,16,17). The summed E-state index contributed by atoms with van der Waals surface area (Å²) in [5, 5.41) is 9.64. The third-order valence-electron chi connectivity index (χ3n) is 7.45. The SMILES string of the molecule is O=C(O)C12CC3C4CC5CC3C(C1)C(C5)C4C2. The molecule has 0 saturated heterocycles. The van der Waals surface area contributed by atoms with Gasteiger partial charge in [-0.2, -0.15) is 0 Å². The van der Waals surface area contributed by atoms with E-state index in [0.717, 1.165) is 60.7 Å². The lowest BCUT2D eigenvalue weighted by Crippen LogP contribution is -2.66. The zero-order valence-corrected chi connectivity index (χ0v) is 10.1. The summed E-state index contributed by atoms with van der Waals surface area (Å²) in [6, 6.07) is 0. The average Bonchev–Trinajstić information content (AvgIpc) is 2.34. The highest BCUT2D eigenvalue weighted by molar-refractivity contribution is 5.75. The second-order valence-corrected chi connectivity index (χ2v) is 7.75. The molecule has 2 nitrogen and oxygen atoms in total. The molecule has 7 rings (SSSR count). The molecular formula is C15H20O2. The van der Waals surface area contributed by atoms with E-state index in [9.17, 15) is 9.90 Å². The molecule has 0 aliphatic heterocycles. The molecular weight excluding hydrogens is 212 g/mol. The minimum Gasteiger partial charge on any atom is -0.481 e. The monoisotopic (exact) mass is 232 g/mol. The minimum atomic E-state index is -0.467. The zero-order valence-electron chi connectivity index (χ0n) is 10.1. The zero-order chi connectivity index (χ0) is 11.4. The molecule has 7 fully saturated rings. The first-order chi connectivity index (χ1) is 8.18. The fourth-order valence-electron chi connectivity index (χ4n) is 7.17. The summed E-state index contributed by atoms with van der Waals surface area (Å²) in [5.74, 6) is 5.76. The van der Waals surface area contributed by atoms with Crippen molar-refractivity contribution in [1.29, 1.82) is 0 Å². The third-order valence-corrected chi connectivity index (χ3v) is 7.45. The second kappa shape index (κ2) is 2.57. The summed E-state index contributed by atoms with van der Waals surface area (Å²) >= 11 is 0. The van der Waals surface area contributed by atoms with Crippen LogP contribution in [0.3, 0.4) is 0 Å². The van der Waals surface area contributed by atoms with Crippen molar-refractivity contribution in [2.45, 2.75) is 38.5 Å². The number of rotatable bonds is 1. The van der Waals surface area contributed by atoms with Gasteiger partial charge in [-0.15, -0.1) is 0 Å². The fraction of sp³-hybridized carbons (Fsp3) is 0.933. The van der Waals surface area contributed by atoms with Gasteiger partial charge in [0.1, 0.15) is 0 Å². The maximum atomic E-state index is 11.7. The average molecular weight is 232 g/mol. The normalized spacial score (nSPS) is 65.5. The van der Waals surface area contributed by atoms with Crippen LogP contribution < -0.4 is 0 Å². The maximum Gasteiger partial charge on any atom is 0.309 e. The Morgan fingerprint density at radius 2 is 1.24 bits per heavy atom. The van der Waals surface area contributed by atoms with Crippen LogP contribution in [0, 0.1) is 46.8 Å². The van der Waals surface area contributed by atoms with E-state index in [4.69, 9.17) is 0 Å². The van der Waals surface area contributed by atoms with E-state index in [0.29, 0.717) is 0 Å². The van der Waals surface area contributed by atoms with Crippen LogP contribution in [0.5, 0.6) is 0 Å². The van der Waals surface area contributed by atoms with Crippen LogP contribution in [0.1, 0.15) is 38.5 Å². The van der Waals surface area contributed by atoms with E-state index in [1.807, 2.05) is 0 Å². The van der Waals surface area contributed by atoms with Crippen molar-refractivity contribution in [2.24, 2.45) is 46.8 Å². The van der Waals surface area contributed by atoms with Crippen LogP contribution in [-0.4, -0.2) is 11.1 Å². The molecule has 1 N–H and O–H groups in total. The summed E-state index contributed by atoms with van der Waals surface area (Å²) < 4.78 is 0. The van der Waals surface area contributed by atoms with Crippen molar-refractivity contribution in [3.63, 3.8) is 0 Å². The molecule has 7 aliphatic carbocycles. The topological polar surface area (TPSA) is 37.3 Å². The second-order valence-electron chi connectivity index (χ2n) is 7.75. The van der Waals surface area contributed by atoms with E-state index < -0.39 is 5.97 Å². The summed E-state index contributed by atoms with van der Waals surface area (Å²) in [4.78, 5) is 11.7. The van der Waals surface area contributed by atoms with Gasteiger partial charge in [-0.05, 0) is 80.0 Å². The lowest BCUT2D eigenvalue weighted by molar-refractivity contribution is -0.236. The molecule has 7 aliphatic rings. The molecule has 7 saturated carbocycles. The Balaban J connectivity index is 1.65. The maximum absolute atomic E-state index is 11.7. The van der Waals surface area contributed by atoms with Crippen LogP contribution in [0.25, 0.3) is 0 Å². The highest BCUT2D eigenvalue weighted by Gasteiger charge is 2.69. The van der Waals surface area contributed by atoms with E-state index in [2.05, 4.69) is 0 Å². The van der Waals surface area contributed by atoms with Crippen molar-refractivity contribution in [2.75, 3.05) is 0 Å². The van der Waals surface area contributed by atoms with Crippen molar-refractivity contribution in [3.8, 4) is 0 Å². The quantitative estimate of drug-likeness (QED) is 0.754. The molecule has 0 spiro atoms. The number of hydrogen-bond donors (Lipinski definition) is 1. The molecule has 0 aromatic heterocycles.